The molecule has 3 rings (SSSR count). The van der Waals surface area contributed by atoms with Gasteiger partial charge in [-0.15, -0.1) is 10.2 Å². The van der Waals surface area contributed by atoms with Crippen molar-refractivity contribution in [2.75, 3.05) is 6.54 Å². The van der Waals surface area contributed by atoms with Crippen molar-refractivity contribution in [3.63, 3.8) is 0 Å². The van der Waals surface area contributed by atoms with E-state index in [0.717, 1.165) is 22.3 Å². The molecule has 30 heavy (non-hydrogen) atoms. The number of carbonyl (C=O) groups is 2. The first kappa shape index (κ1) is 21.0. The molecule has 0 atom stereocenters. The van der Waals surface area contributed by atoms with Crippen LogP contribution in [0.15, 0.2) is 48.5 Å². The van der Waals surface area contributed by atoms with Crippen molar-refractivity contribution in [3.05, 3.63) is 54.1 Å². The fourth-order valence-corrected chi connectivity index (χ4v) is 2.74. The normalized spacial score (nSPS) is 11.0. The van der Waals surface area contributed by atoms with Crippen molar-refractivity contribution in [2.24, 2.45) is 0 Å². The van der Waals surface area contributed by atoms with Crippen LogP contribution in [-0.2, 0) is 16.1 Å². The van der Waals surface area contributed by atoms with Gasteiger partial charge in [-0.2, -0.15) is 5.21 Å². The average Bonchev–Trinajstić information content (AvgIpc) is 3.25. The summed E-state index contributed by atoms with van der Waals surface area (Å²) in [5, 5.41) is 19.4. The zero-order valence-electron chi connectivity index (χ0n) is 17.1. The van der Waals surface area contributed by atoms with Crippen LogP contribution in [0.1, 0.15) is 26.3 Å². The summed E-state index contributed by atoms with van der Waals surface area (Å²) in [5.41, 5.74) is 3.18. The summed E-state index contributed by atoms with van der Waals surface area (Å²) in [4.78, 5) is 23.5. The monoisotopic (exact) mass is 408 g/mol. The molecule has 3 aromatic rings. The number of carbonyl (C=O) groups excluding carboxylic acids is 2. The van der Waals surface area contributed by atoms with E-state index >= 15 is 0 Å². The van der Waals surface area contributed by atoms with Crippen molar-refractivity contribution in [2.45, 2.75) is 32.9 Å². The summed E-state index contributed by atoms with van der Waals surface area (Å²) < 4.78 is 5.10. The van der Waals surface area contributed by atoms with Crippen LogP contribution in [0.5, 0.6) is 0 Å². The molecular weight excluding hydrogens is 384 g/mol. The first-order valence-electron chi connectivity index (χ1n) is 9.47. The Balaban J connectivity index is 1.56. The Morgan fingerprint density at radius 2 is 1.70 bits per heavy atom. The molecule has 9 nitrogen and oxygen atoms in total. The van der Waals surface area contributed by atoms with Crippen LogP contribution in [0.4, 0.5) is 4.79 Å². The molecule has 2 aromatic carbocycles. The lowest BCUT2D eigenvalue weighted by atomic mass is 9.98. The van der Waals surface area contributed by atoms with Gasteiger partial charge in [0.25, 0.3) is 0 Å². The second kappa shape index (κ2) is 9.17. The number of rotatable bonds is 6. The number of alkyl carbamates (subject to hydrolysis) is 1. The van der Waals surface area contributed by atoms with Gasteiger partial charge in [-0.3, -0.25) is 4.79 Å². The lowest BCUT2D eigenvalue weighted by Crippen LogP contribution is -2.39. The molecule has 9 heteroatoms. The fourth-order valence-electron chi connectivity index (χ4n) is 2.74. The van der Waals surface area contributed by atoms with Crippen LogP contribution >= 0.6 is 0 Å². The SMILES string of the molecule is CC(C)(C)OC(=O)NCC(=O)NCc1ccc(-c2ccccc2-c2nn[nH]n2)cc1. The maximum absolute atomic E-state index is 11.9. The lowest BCUT2D eigenvalue weighted by Gasteiger charge is -2.19. The molecule has 0 spiro atoms. The molecule has 0 unspecified atom stereocenters. The molecule has 2 amide bonds. The number of hydrogen-bond acceptors (Lipinski definition) is 6. The van der Waals surface area contributed by atoms with E-state index in [1.54, 1.807) is 20.8 Å². The average molecular weight is 408 g/mol. The minimum absolute atomic E-state index is 0.148. The predicted molar refractivity (Wildman–Crippen MR) is 111 cm³/mol. The quantitative estimate of drug-likeness (QED) is 0.576. The Morgan fingerprint density at radius 3 is 2.33 bits per heavy atom. The van der Waals surface area contributed by atoms with E-state index in [-0.39, 0.29) is 12.5 Å². The molecule has 0 aliphatic rings. The summed E-state index contributed by atoms with van der Waals surface area (Å²) in [7, 11) is 0. The number of nitrogens with zero attached hydrogens (tertiary/aromatic N) is 3. The molecular formula is C21H24N6O3. The van der Waals surface area contributed by atoms with Crippen molar-refractivity contribution < 1.29 is 14.3 Å². The number of H-pyrrole nitrogens is 1. The van der Waals surface area contributed by atoms with Crippen molar-refractivity contribution in [1.29, 1.82) is 0 Å². The topological polar surface area (TPSA) is 122 Å². The molecule has 0 fully saturated rings. The fraction of sp³-hybridized carbons (Fsp3) is 0.286. The second-order valence-corrected chi connectivity index (χ2v) is 7.61. The molecule has 0 bridgehead atoms. The number of benzene rings is 2. The Kier molecular flexibility index (Phi) is 6.41. The highest BCUT2D eigenvalue weighted by Gasteiger charge is 2.16. The summed E-state index contributed by atoms with van der Waals surface area (Å²) in [6.45, 7) is 5.48. The third kappa shape index (κ3) is 5.87. The van der Waals surface area contributed by atoms with Gasteiger partial charge in [0, 0.05) is 12.1 Å². The number of tetrazole rings is 1. The maximum atomic E-state index is 11.9. The summed E-state index contributed by atoms with van der Waals surface area (Å²) >= 11 is 0. The second-order valence-electron chi connectivity index (χ2n) is 7.61. The van der Waals surface area contributed by atoms with Crippen LogP contribution in [-0.4, -0.2) is 44.8 Å². The van der Waals surface area contributed by atoms with Crippen molar-refractivity contribution in [3.8, 4) is 22.5 Å². The molecule has 0 aliphatic carbocycles. The zero-order chi connectivity index (χ0) is 21.6. The number of aromatic nitrogens is 4. The minimum Gasteiger partial charge on any atom is -0.444 e. The molecule has 3 N–H and O–H groups in total. The molecule has 0 radical (unpaired) electrons. The van der Waals surface area contributed by atoms with E-state index in [4.69, 9.17) is 4.74 Å². The zero-order valence-corrected chi connectivity index (χ0v) is 17.1. The van der Waals surface area contributed by atoms with Crippen molar-refractivity contribution in [1.82, 2.24) is 31.3 Å². The van der Waals surface area contributed by atoms with Gasteiger partial charge >= 0.3 is 6.09 Å². The smallest absolute Gasteiger partial charge is 0.408 e. The summed E-state index contributed by atoms with van der Waals surface area (Å²) in [5.74, 6) is 0.229. The highest BCUT2D eigenvalue weighted by atomic mass is 16.6. The highest BCUT2D eigenvalue weighted by Crippen LogP contribution is 2.29. The van der Waals surface area contributed by atoms with Gasteiger partial charge in [0.1, 0.15) is 12.1 Å². The Morgan fingerprint density at radius 1 is 1.00 bits per heavy atom. The Labute approximate surface area is 174 Å². The van der Waals surface area contributed by atoms with Gasteiger partial charge < -0.3 is 15.4 Å². The number of hydrogen-bond donors (Lipinski definition) is 3. The van der Waals surface area contributed by atoms with E-state index in [2.05, 4.69) is 31.3 Å². The molecule has 1 heterocycles. The highest BCUT2D eigenvalue weighted by molar-refractivity contribution is 5.82. The summed E-state index contributed by atoms with van der Waals surface area (Å²) in [6, 6.07) is 15.6. The van der Waals surface area contributed by atoms with Gasteiger partial charge in [-0.1, -0.05) is 48.5 Å². The minimum atomic E-state index is -0.623. The largest absolute Gasteiger partial charge is 0.444 e. The van der Waals surface area contributed by atoms with Crippen molar-refractivity contribution >= 4 is 12.0 Å². The summed E-state index contributed by atoms with van der Waals surface area (Å²) in [6.07, 6.45) is -0.623. The Hall–Kier alpha value is -3.75. The lowest BCUT2D eigenvalue weighted by molar-refractivity contribution is -0.120. The van der Waals surface area contributed by atoms with Crippen LogP contribution in [0, 0.1) is 0 Å². The molecule has 0 aliphatic heterocycles. The van der Waals surface area contributed by atoms with Crippen LogP contribution in [0.3, 0.4) is 0 Å². The van der Waals surface area contributed by atoms with Gasteiger partial charge in [0.15, 0.2) is 0 Å². The first-order valence-corrected chi connectivity index (χ1v) is 9.47. The maximum Gasteiger partial charge on any atom is 0.408 e. The van der Waals surface area contributed by atoms with Gasteiger partial charge in [0.2, 0.25) is 11.7 Å². The van der Waals surface area contributed by atoms with E-state index in [0.29, 0.717) is 12.4 Å². The predicted octanol–water partition coefficient (Wildman–Crippen LogP) is 2.67. The molecule has 0 saturated heterocycles. The van der Waals surface area contributed by atoms with Crippen LogP contribution in [0.2, 0.25) is 0 Å². The van der Waals surface area contributed by atoms with E-state index in [9.17, 15) is 9.59 Å². The van der Waals surface area contributed by atoms with E-state index in [1.807, 2.05) is 48.5 Å². The number of nitrogens with one attached hydrogen (secondary N) is 3. The van der Waals surface area contributed by atoms with Gasteiger partial charge in [-0.25, -0.2) is 4.79 Å². The van der Waals surface area contributed by atoms with Gasteiger partial charge in [-0.05, 0) is 42.7 Å². The van der Waals surface area contributed by atoms with E-state index in [1.165, 1.54) is 0 Å². The third-order valence-corrected chi connectivity index (χ3v) is 4.06. The molecule has 0 saturated carbocycles. The number of aromatic amines is 1. The standard InChI is InChI=1S/C21H24N6O3/c1-21(2,3)30-20(29)23-13-18(28)22-12-14-8-10-15(11-9-14)16-6-4-5-7-17(16)19-24-26-27-25-19/h4-11H,12-13H2,1-3H3,(H,22,28)(H,23,29)(H,24,25,26,27). The number of amides is 2. The van der Waals surface area contributed by atoms with Gasteiger partial charge in [0.05, 0.1) is 0 Å². The number of ether oxygens (including phenoxy) is 1. The first-order chi connectivity index (χ1) is 14.3. The molecule has 156 valence electrons. The molecule has 1 aromatic heterocycles. The van der Waals surface area contributed by atoms with Crippen LogP contribution in [0.25, 0.3) is 22.5 Å². The van der Waals surface area contributed by atoms with Crippen LogP contribution < -0.4 is 10.6 Å². The Bertz CT molecular complexity index is 994. The third-order valence-electron chi connectivity index (χ3n) is 4.06. The van der Waals surface area contributed by atoms with E-state index < -0.39 is 11.7 Å².